The van der Waals surface area contributed by atoms with Gasteiger partial charge in [0.1, 0.15) is 0 Å². The summed E-state index contributed by atoms with van der Waals surface area (Å²) >= 11 is 11.9. The third-order valence-corrected chi connectivity index (χ3v) is 3.20. The first kappa shape index (κ1) is 15.3. The molecule has 1 unspecified atom stereocenters. The average molecular weight is 289 g/mol. The fourth-order valence-electron chi connectivity index (χ4n) is 1.67. The summed E-state index contributed by atoms with van der Waals surface area (Å²) in [6.45, 7) is 2.74. The normalized spacial score (nSPS) is 12.2. The van der Waals surface area contributed by atoms with Gasteiger partial charge in [-0.3, -0.25) is 4.79 Å². The van der Waals surface area contributed by atoms with Gasteiger partial charge in [-0.15, -0.1) is 0 Å². The van der Waals surface area contributed by atoms with Gasteiger partial charge in [0, 0.05) is 16.5 Å². The molecule has 0 saturated heterocycles. The second-order valence-corrected chi connectivity index (χ2v) is 5.01. The molecule has 0 aliphatic rings. The average Bonchev–Trinajstić information content (AvgIpc) is 2.28. The van der Waals surface area contributed by atoms with Crippen molar-refractivity contribution in [1.29, 1.82) is 0 Å². The van der Waals surface area contributed by atoms with Gasteiger partial charge in [0.05, 0.1) is 6.04 Å². The van der Waals surface area contributed by atoms with Crippen molar-refractivity contribution in [3.05, 3.63) is 33.8 Å². The van der Waals surface area contributed by atoms with Gasteiger partial charge in [0.2, 0.25) is 5.91 Å². The van der Waals surface area contributed by atoms with Gasteiger partial charge < -0.3 is 10.6 Å². The summed E-state index contributed by atoms with van der Waals surface area (Å²) in [5.41, 5.74) is 0.878. The lowest BCUT2D eigenvalue weighted by Crippen LogP contribution is -2.27. The lowest BCUT2D eigenvalue weighted by Gasteiger charge is -2.16. The van der Waals surface area contributed by atoms with Crippen LogP contribution in [0.5, 0.6) is 0 Å². The van der Waals surface area contributed by atoms with Crippen LogP contribution in [0.3, 0.4) is 0 Å². The van der Waals surface area contributed by atoms with Crippen molar-refractivity contribution in [2.45, 2.75) is 25.8 Å². The minimum Gasteiger partial charge on any atom is -0.350 e. The summed E-state index contributed by atoms with van der Waals surface area (Å²) in [4.78, 5) is 11.7. The lowest BCUT2D eigenvalue weighted by atomic mass is 10.1. The van der Waals surface area contributed by atoms with Crippen molar-refractivity contribution >= 4 is 29.1 Å². The monoisotopic (exact) mass is 288 g/mol. The summed E-state index contributed by atoms with van der Waals surface area (Å²) < 4.78 is 0. The third kappa shape index (κ3) is 4.84. The summed E-state index contributed by atoms with van der Waals surface area (Å²) in [5.74, 6) is 0.0313. The first-order chi connectivity index (χ1) is 8.54. The highest BCUT2D eigenvalue weighted by molar-refractivity contribution is 6.35. The molecule has 0 aliphatic carbocycles. The van der Waals surface area contributed by atoms with E-state index in [0.717, 1.165) is 18.5 Å². The molecule has 1 aromatic rings. The van der Waals surface area contributed by atoms with Crippen LogP contribution in [0.4, 0.5) is 0 Å². The van der Waals surface area contributed by atoms with Crippen molar-refractivity contribution in [2.75, 3.05) is 13.6 Å². The molecule has 1 rings (SSSR count). The minimum absolute atomic E-state index is 0.0313. The van der Waals surface area contributed by atoms with Gasteiger partial charge in [-0.1, -0.05) is 29.3 Å². The SMILES string of the molecule is CNCCCC(=O)NC(C)c1ccc(Cl)cc1Cl. The van der Waals surface area contributed by atoms with E-state index in [9.17, 15) is 4.79 Å². The van der Waals surface area contributed by atoms with E-state index in [2.05, 4.69) is 10.6 Å². The predicted molar refractivity (Wildman–Crippen MR) is 76.2 cm³/mol. The number of carbonyl (C=O) groups is 1. The van der Waals surface area contributed by atoms with Crippen molar-refractivity contribution in [2.24, 2.45) is 0 Å². The van der Waals surface area contributed by atoms with E-state index in [4.69, 9.17) is 23.2 Å². The Kier molecular flexibility index (Phi) is 6.47. The van der Waals surface area contributed by atoms with Gasteiger partial charge in [0.15, 0.2) is 0 Å². The van der Waals surface area contributed by atoms with Crippen LogP contribution in [-0.4, -0.2) is 19.5 Å². The standard InChI is InChI=1S/C13H18Cl2N2O/c1-9(17-13(18)4-3-7-16-2)11-6-5-10(14)8-12(11)15/h5-6,8-9,16H,3-4,7H2,1-2H3,(H,17,18). The quantitative estimate of drug-likeness (QED) is 0.790. The first-order valence-electron chi connectivity index (χ1n) is 5.93. The largest absolute Gasteiger partial charge is 0.350 e. The number of carbonyl (C=O) groups excluding carboxylic acids is 1. The molecule has 100 valence electrons. The van der Waals surface area contributed by atoms with Gasteiger partial charge >= 0.3 is 0 Å². The molecular weight excluding hydrogens is 271 g/mol. The third-order valence-electron chi connectivity index (χ3n) is 2.64. The Labute approximate surface area is 118 Å². The molecule has 0 radical (unpaired) electrons. The summed E-state index contributed by atoms with van der Waals surface area (Å²) in [5, 5.41) is 7.10. The fraction of sp³-hybridized carbons (Fsp3) is 0.462. The van der Waals surface area contributed by atoms with Crippen molar-refractivity contribution in [3.63, 3.8) is 0 Å². The van der Waals surface area contributed by atoms with E-state index in [1.807, 2.05) is 20.0 Å². The maximum Gasteiger partial charge on any atom is 0.220 e. The molecule has 0 fully saturated rings. The molecule has 0 bridgehead atoms. The second kappa shape index (κ2) is 7.62. The molecule has 2 N–H and O–H groups in total. The van der Waals surface area contributed by atoms with Crippen LogP contribution in [-0.2, 0) is 4.79 Å². The van der Waals surface area contributed by atoms with Crippen LogP contribution >= 0.6 is 23.2 Å². The molecule has 0 aromatic heterocycles. The second-order valence-electron chi connectivity index (χ2n) is 4.16. The fourth-order valence-corrected chi connectivity index (χ4v) is 2.24. The first-order valence-corrected chi connectivity index (χ1v) is 6.69. The number of hydrogen-bond acceptors (Lipinski definition) is 2. The highest BCUT2D eigenvalue weighted by atomic mass is 35.5. The smallest absolute Gasteiger partial charge is 0.220 e. The molecule has 0 spiro atoms. The van der Waals surface area contributed by atoms with Crippen molar-refractivity contribution in [1.82, 2.24) is 10.6 Å². The zero-order chi connectivity index (χ0) is 13.5. The molecule has 1 aromatic carbocycles. The zero-order valence-corrected chi connectivity index (χ0v) is 12.1. The Bertz CT molecular complexity index is 410. The van der Waals surface area contributed by atoms with E-state index in [0.29, 0.717) is 16.5 Å². The van der Waals surface area contributed by atoms with Crippen LogP contribution in [0.15, 0.2) is 18.2 Å². The van der Waals surface area contributed by atoms with Crippen LogP contribution in [0.1, 0.15) is 31.4 Å². The topological polar surface area (TPSA) is 41.1 Å². The van der Waals surface area contributed by atoms with Crippen molar-refractivity contribution < 1.29 is 4.79 Å². The molecule has 1 amide bonds. The molecule has 0 heterocycles. The number of hydrogen-bond donors (Lipinski definition) is 2. The van der Waals surface area contributed by atoms with E-state index < -0.39 is 0 Å². The molecule has 1 atom stereocenters. The number of nitrogens with one attached hydrogen (secondary N) is 2. The molecule has 18 heavy (non-hydrogen) atoms. The Morgan fingerprint density at radius 2 is 2.11 bits per heavy atom. The highest BCUT2D eigenvalue weighted by Crippen LogP contribution is 2.26. The highest BCUT2D eigenvalue weighted by Gasteiger charge is 2.12. The maximum absolute atomic E-state index is 11.7. The van der Waals surface area contributed by atoms with Crippen LogP contribution in [0.2, 0.25) is 10.0 Å². The molecular formula is C13H18Cl2N2O. The number of benzene rings is 1. The summed E-state index contributed by atoms with van der Waals surface area (Å²) in [6.07, 6.45) is 1.33. The Morgan fingerprint density at radius 1 is 1.39 bits per heavy atom. The zero-order valence-electron chi connectivity index (χ0n) is 10.6. The Hall–Kier alpha value is -0.770. The van der Waals surface area contributed by atoms with E-state index in [-0.39, 0.29) is 11.9 Å². The van der Waals surface area contributed by atoms with Crippen LogP contribution < -0.4 is 10.6 Å². The molecule has 0 aliphatic heterocycles. The summed E-state index contributed by atoms with van der Waals surface area (Å²) in [7, 11) is 1.87. The van der Waals surface area contributed by atoms with Crippen LogP contribution in [0.25, 0.3) is 0 Å². The van der Waals surface area contributed by atoms with E-state index in [1.54, 1.807) is 12.1 Å². The Balaban J connectivity index is 2.54. The van der Waals surface area contributed by atoms with Gasteiger partial charge in [0.25, 0.3) is 0 Å². The number of rotatable bonds is 6. The van der Waals surface area contributed by atoms with E-state index in [1.165, 1.54) is 0 Å². The molecule has 5 heteroatoms. The summed E-state index contributed by atoms with van der Waals surface area (Å²) in [6, 6.07) is 5.18. The van der Waals surface area contributed by atoms with Crippen LogP contribution in [0, 0.1) is 0 Å². The van der Waals surface area contributed by atoms with Crippen molar-refractivity contribution in [3.8, 4) is 0 Å². The molecule has 0 saturated carbocycles. The minimum atomic E-state index is -0.114. The molecule has 3 nitrogen and oxygen atoms in total. The lowest BCUT2D eigenvalue weighted by molar-refractivity contribution is -0.121. The Morgan fingerprint density at radius 3 is 2.72 bits per heavy atom. The maximum atomic E-state index is 11.7. The van der Waals surface area contributed by atoms with Gasteiger partial charge in [-0.2, -0.15) is 0 Å². The number of amides is 1. The van der Waals surface area contributed by atoms with E-state index >= 15 is 0 Å². The van der Waals surface area contributed by atoms with Gasteiger partial charge in [-0.25, -0.2) is 0 Å². The number of halogens is 2. The predicted octanol–water partition coefficient (Wildman–Crippen LogP) is 3.17. The van der Waals surface area contributed by atoms with Gasteiger partial charge in [-0.05, 0) is 44.6 Å².